The molecule has 0 amide bonds. The Hall–Kier alpha value is -2.02. The molecule has 0 aliphatic rings. The van der Waals surface area contributed by atoms with Crippen LogP contribution < -0.4 is 5.73 Å². The molecule has 0 aliphatic carbocycles. The highest BCUT2D eigenvalue weighted by Crippen LogP contribution is 2.17. The maximum Gasteiger partial charge on any atom is 0.335 e. The minimum absolute atomic E-state index is 0.537. The zero-order valence-corrected chi connectivity index (χ0v) is 8.48. The van der Waals surface area contributed by atoms with Crippen molar-refractivity contribution in [1.29, 1.82) is 0 Å². The summed E-state index contributed by atoms with van der Waals surface area (Å²) in [6.45, 7) is 0. The molecule has 0 bridgehead atoms. The second-order valence-electron chi connectivity index (χ2n) is 3.37. The molecule has 0 saturated carbocycles. The van der Waals surface area contributed by atoms with Gasteiger partial charge in [-0.15, -0.1) is 0 Å². The van der Waals surface area contributed by atoms with Crippen molar-refractivity contribution >= 4 is 11.9 Å². The van der Waals surface area contributed by atoms with Crippen molar-refractivity contribution in [3.05, 3.63) is 34.9 Å². The van der Waals surface area contributed by atoms with Gasteiger partial charge in [-0.05, 0) is 12.1 Å². The van der Waals surface area contributed by atoms with Gasteiger partial charge in [-0.3, -0.25) is 4.79 Å². The van der Waals surface area contributed by atoms with Gasteiger partial charge in [0.15, 0.2) is 0 Å². The molecule has 0 aromatic heterocycles. The topological polar surface area (TPSA) is 101 Å². The summed E-state index contributed by atoms with van der Waals surface area (Å²) in [6, 6.07) is -0.209. The number of hydrogen-bond acceptors (Lipinski definition) is 3. The number of halogens is 2. The summed E-state index contributed by atoms with van der Waals surface area (Å²) in [5, 5.41) is 17.0. The van der Waals surface area contributed by atoms with E-state index in [1.807, 2.05) is 0 Å². The van der Waals surface area contributed by atoms with Gasteiger partial charge >= 0.3 is 11.9 Å². The highest BCUT2D eigenvalue weighted by Gasteiger charge is 2.20. The second kappa shape index (κ2) is 4.88. The van der Waals surface area contributed by atoms with Gasteiger partial charge in [0, 0.05) is 12.0 Å². The van der Waals surface area contributed by atoms with Crippen molar-refractivity contribution < 1.29 is 28.6 Å². The highest BCUT2D eigenvalue weighted by atomic mass is 19.1. The Labute approximate surface area is 94.5 Å². The van der Waals surface area contributed by atoms with Crippen LogP contribution in [-0.4, -0.2) is 28.2 Å². The van der Waals surface area contributed by atoms with E-state index in [2.05, 4.69) is 0 Å². The summed E-state index contributed by atoms with van der Waals surface area (Å²) in [6.07, 6.45) is -0.549. The Morgan fingerprint density at radius 3 is 2.06 bits per heavy atom. The predicted molar refractivity (Wildman–Crippen MR) is 52.6 cm³/mol. The Morgan fingerprint density at radius 1 is 1.24 bits per heavy atom. The highest BCUT2D eigenvalue weighted by molar-refractivity contribution is 5.87. The summed E-state index contributed by atoms with van der Waals surface area (Å²) in [5.41, 5.74) is 4.05. The van der Waals surface area contributed by atoms with E-state index in [1.165, 1.54) is 0 Å². The molecule has 0 fully saturated rings. The number of carboxylic acids is 2. The van der Waals surface area contributed by atoms with Gasteiger partial charge in [0.25, 0.3) is 0 Å². The Morgan fingerprint density at radius 2 is 1.71 bits per heavy atom. The Balaban J connectivity index is 3.10. The van der Waals surface area contributed by atoms with E-state index in [1.54, 1.807) is 0 Å². The van der Waals surface area contributed by atoms with Crippen LogP contribution in [-0.2, 0) is 11.2 Å². The molecule has 1 aromatic carbocycles. The summed E-state index contributed by atoms with van der Waals surface area (Å²) < 4.78 is 26.7. The molecule has 92 valence electrons. The van der Waals surface area contributed by atoms with Crippen LogP contribution in [0.1, 0.15) is 15.9 Å². The number of rotatable bonds is 4. The number of aliphatic carboxylic acids is 1. The number of carbonyl (C=O) groups is 2. The molecule has 1 unspecified atom stereocenters. The molecular weight excluding hydrogens is 236 g/mol. The lowest BCUT2D eigenvalue weighted by Crippen LogP contribution is -2.33. The summed E-state index contributed by atoms with van der Waals surface area (Å²) in [5.74, 6) is -5.12. The first-order valence-corrected chi connectivity index (χ1v) is 4.52. The van der Waals surface area contributed by atoms with E-state index in [0.29, 0.717) is 12.1 Å². The molecule has 1 rings (SSSR count). The average Bonchev–Trinajstić information content (AvgIpc) is 2.22. The third kappa shape index (κ3) is 2.97. The van der Waals surface area contributed by atoms with E-state index >= 15 is 0 Å². The molecule has 17 heavy (non-hydrogen) atoms. The van der Waals surface area contributed by atoms with Gasteiger partial charge in [0.1, 0.15) is 17.7 Å². The second-order valence-corrected chi connectivity index (χ2v) is 3.37. The minimum Gasteiger partial charge on any atom is -0.480 e. The van der Waals surface area contributed by atoms with Crippen LogP contribution in [0.2, 0.25) is 0 Å². The van der Waals surface area contributed by atoms with Gasteiger partial charge < -0.3 is 15.9 Å². The lowest BCUT2D eigenvalue weighted by atomic mass is 10.0. The zero-order chi connectivity index (χ0) is 13.2. The lowest BCUT2D eigenvalue weighted by molar-refractivity contribution is -0.138. The summed E-state index contributed by atoms with van der Waals surface area (Å²) in [7, 11) is 0. The maximum atomic E-state index is 13.3. The first kappa shape index (κ1) is 13.0. The third-order valence-electron chi connectivity index (χ3n) is 2.13. The smallest absolute Gasteiger partial charge is 0.335 e. The molecule has 0 radical (unpaired) electrons. The van der Waals surface area contributed by atoms with E-state index < -0.39 is 47.2 Å². The summed E-state index contributed by atoms with van der Waals surface area (Å²) >= 11 is 0. The molecular formula is C10H9F2NO4. The number of hydrogen-bond donors (Lipinski definition) is 3. The van der Waals surface area contributed by atoms with E-state index in [9.17, 15) is 18.4 Å². The molecule has 4 N–H and O–H groups in total. The standard InChI is InChI=1S/C10H9F2NO4/c11-6-1-4(9(14)15)2-7(12)5(6)3-8(13)10(16)17/h1-2,8H,3,13H2,(H,14,15)(H,16,17). The lowest BCUT2D eigenvalue weighted by Gasteiger charge is -2.09. The van der Waals surface area contributed by atoms with Crippen LogP contribution in [0.15, 0.2) is 12.1 Å². The van der Waals surface area contributed by atoms with Gasteiger partial charge in [0.2, 0.25) is 0 Å². The molecule has 1 atom stereocenters. The molecule has 5 nitrogen and oxygen atoms in total. The van der Waals surface area contributed by atoms with Crippen LogP contribution in [0, 0.1) is 11.6 Å². The zero-order valence-electron chi connectivity index (χ0n) is 8.48. The minimum atomic E-state index is -1.48. The summed E-state index contributed by atoms with van der Waals surface area (Å²) in [4.78, 5) is 20.9. The number of nitrogens with two attached hydrogens (primary N) is 1. The van der Waals surface area contributed by atoms with Crippen molar-refractivity contribution in [2.45, 2.75) is 12.5 Å². The van der Waals surface area contributed by atoms with Crippen LogP contribution in [0.4, 0.5) is 8.78 Å². The molecule has 1 aromatic rings. The molecule has 0 saturated heterocycles. The average molecular weight is 245 g/mol. The van der Waals surface area contributed by atoms with Crippen LogP contribution >= 0.6 is 0 Å². The number of aromatic carboxylic acids is 1. The van der Waals surface area contributed by atoms with Gasteiger partial charge in [-0.25, -0.2) is 13.6 Å². The maximum absolute atomic E-state index is 13.3. The van der Waals surface area contributed by atoms with Crippen LogP contribution in [0.5, 0.6) is 0 Å². The fraction of sp³-hybridized carbons (Fsp3) is 0.200. The Kier molecular flexibility index (Phi) is 3.74. The molecule has 0 aliphatic heterocycles. The largest absolute Gasteiger partial charge is 0.480 e. The van der Waals surface area contributed by atoms with Gasteiger partial charge in [0.05, 0.1) is 5.56 Å². The molecule has 0 heterocycles. The number of benzene rings is 1. The Bertz CT molecular complexity index is 452. The number of carboxylic acid groups (broad SMARTS) is 2. The van der Waals surface area contributed by atoms with Crippen molar-refractivity contribution in [2.75, 3.05) is 0 Å². The van der Waals surface area contributed by atoms with E-state index in [4.69, 9.17) is 15.9 Å². The normalized spacial score (nSPS) is 12.2. The first-order chi connectivity index (χ1) is 7.82. The monoisotopic (exact) mass is 245 g/mol. The molecule has 7 heteroatoms. The SMILES string of the molecule is NC(Cc1c(F)cc(C(=O)O)cc1F)C(=O)O. The van der Waals surface area contributed by atoms with E-state index in [-0.39, 0.29) is 0 Å². The van der Waals surface area contributed by atoms with Crippen molar-refractivity contribution in [2.24, 2.45) is 5.73 Å². The van der Waals surface area contributed by atoms with Crippen molar-refractivity contribution in [3.8, 4) is 0 Å². The molecule has 0 spiro atoms. The van der Waals surface area contributed by atoms with Gasteiger partial charge in [-0.2, -0.15) is 0 Å². The van der Waals surface area contributed by atoms with Crippen molar-refractivity contribution in [1.82, 2.24) is 0 Å². The fourth-order valence-corrected chi connectivity index (χ4v) is 1.23. The van der Waals surface area contributed by atoms with Gasteiger partial charge in [-0.1, -0.05) is 0 Å². The predicted octanol–water partition coefficient (Wildman–Crippen LogP) is 0.617. The van der Waals surface area contributed by atoms with Crippen molar-refractivity contribution in [3.63, 3.8) is 0 Å². The first-order valence-electron chi connectivity index (χ1n) is 4.52. The quantitative estimate of drug-likeness (QED) is 0.721. The third-order valence-corrected chi connectivity index (χ3v) is 2.13. The van der Waals surface area contributed by atoms with E-state index in [0.717, 1.165) is 0 Å². The van der Waals surface area contributed by atoms with Crippen LogP contribution in [0.3, 0.4) is 0 Å². The fourth-order valence-electron chi connectivity index (χ4n) is 1.23. The van der Waals surface area contributed by atoms with Crippen LogP contribution in [0.25, 0.3) is 0 Å².